The van der Waals surface area contributed by atoms with E-state index in [0.29, 0.717) is 24.5 Å². The van der Waals surface area contributed by atoms with Crippen LogP contribution in [0.2, 0.25) is 5.15 Å². The van der Waals surface area contributed by atoms with Gasteiger partial charge in [0.25, 0.3) is 10.0 Å². The summed E-state index contributed by atoms with van der Waals surface area (Å²) in [4.78, 5) is 18.4. The van der Waals surface area contributed by atoms with Crippen molar-refractivity contribution >= 4 is 44.0 Å². The minimum atomic E-state index is -3.82. The topological polar surface area (TPSA) is 84.2 Å². The second kappa shape index (κ2) is 6.99. The zero-order valence-corrected chi connectivity index (χ0v) is 17.2. The molecule has 11 heteroatoms. The number of aromatic nitrogens is 2. The predicted octanol–water partition coefficient (Wildman–Crippen LogP) is 2.68. The molecule has 0 atom stereocenters. The third kappa shape index (κ3) is 3.83. The van der Waals surface area contributed by atoms with Gasteiger partial charge in [-0.1, -0.05) is 11.6 Å². The van der Waals surface area contributed by atoms with Crippen LogP contribution in [-0.4, -0.2) is 64.9 Å². The molecule has 3 heterocycles. The standard InChI is InChI=1S/C15H21ClN4O4S2/c1-15(2,3)24-14(21)18-5-4-6-19(8-7-18)26(22,23)12-11(16)17-13-20(12)9-10-25-13/h9-10H,4-8H2,1-3H3. The minimum Gasteiger partial charge on any atom is -0.444 e. The third-order valence-corrected chi connectivity index (χ3v) is 6.93. The molecule has 144 valence electrons. The summed E-state index contributed by atoms with van der Waals surface area (Å²) in [6, 6.07) is 0. The first kappa shape index (κ1) is 19.4. The van der Waals surface area contributed by atoms with Gasteiger partial charge in [-0.2, -0.15) is 4.31 Å². The van der Waals surface area contributed by atoms with Crippen molar-refractivity contribution in [3.8, 4) is 0 Å². The van der Waals surface area contributed by atoms with Crippen molar-refractivity contribution in [2.45, 2.75) is 37.8 Å². The number of sulfonamides is 1. The second-order valence-corrected chi connectivity index (χ2v) is 10.1. The van der Waals surface area contributed by atoms with E-state index in [4.69, 9.17) is 16.3 Å². The molecule has 0 saturated carbocycles. The van der Waals surface area contributed by atoms with Crippen LogP contribution >= 0.6 is 22.9 Å². The Morgan fingerprint density at radius 2 is 2.00 bits per heavy atom. The number of amides is 1. The molecule has 8 nitrogen and oxygen atoms in total. The highest BCUT2D eigenvalue weighted by Crippen LogP contribution is 2.28. The van der Waals surface area contributed by atoms with Crippen molar-refractivity contribution in [1.29, 1.82) is 0 Å². The number of imidazole rings is 1. The van der Waals surface area contributed by atoms with Gasteiger partial charge in [0, 0.05) is 37.8 Å². The second-order valence-electron chi connectivity index (χ2n) is 6.99. The van der Waals surface area contributed by atoms with Gasteiger partial charge in [0.1, 0.15) is 5.60 Å². The van der Waals surface area contributed by atoms with E-state index in [1.165, 1.54) is 20.0 Å². The fraction of sp³-hybridized carbons (Fsp3) is 0.600. The van der Waals surface area contributed by atoms with Gasteiger partial charge >= 0.3 is 6.09 Å². The lowest BCUT2D eigenvalue weighted by Crippen LogP contribution is -2.40. The highest BCUT2D eigenvalue weighted by Gasteiger charge is 2.34. The lowest BCUT2D eigenvalue weighted by Gasteiger charge is -2.26. The first-order chi connectivity index (χ1) is 12.1. The summed E-state index contributed by atoms with van der Waals surface area (Å²) < 4.78 is 34.4. The quantitative estimate of drug-likeness (QED) is 0.745. The maximum absolute atomic E-state index is 13.1. The molecule has 1 aliphatic rings. The van der Waals surface area contributed by atoms with E-state index in [9.17, 15) is 13.2 Å². The van der Waals surface area contributed by atoms with Crippen molar-refractivity contribution in [2.75, 3.05) is 26.2 Å². The lowest BCUT2D eigenvalue weighted by molar-refractivity contribution is 0.0260. The number of carbonyl (C=O) groups excluding carboxylic acids is 1. The number of fused-ring (bicyclic) bond motifs is 1. The molecule has 1 saturated heterocycles. The molecule has 1 amide bonds. The summed E-state index contributed by atoms with van der Waals surface area (Å²) in [6.07, 6.45) is 1.72. The zero-order chi connectivity index (χ0) is 19.1. The van der Waals surface area contributed by atoms with Crippen LogP contribution in [0.1, 0.15) is 27.2 Å². The molecule has 0 unspecified atom stereocenters. The predicted molar refractivity (Wildman–Crippen MR) is 99.3 cm³/mol. The monoisotopic (exact) mass is 420 g/mol. The van der Waals surface area contributed by atoms with Crippen LogP contribution in [0.15, 0.2) is 16.6 Å². The first-order valence-corrected chi connectivity index (χ1v) is 10.9. The number of rotatable bonds is 2. The van der Waals surface area contributed by atoms with E-state index in [1.54, 1.807) is 37.2 Å². The van der Waals surface area contributed by atoms with Crippen LogP contribution < -0.4 is 0 Å². The van der Waals surface area contributed by atoms with Crippen molar-refractivity contribution < 1.29 is 17.9 Å². The number of hydrogen-bond donors (Lipinski definition) is 0. The average Bonchev–Trinajstić information content (AvgIpc) is 2.94. The van der Waals surface area contributed by atoms with E-state index < -0.39 is 21.7 Å². The Morgan fingerprint density at radius 3 is 2.69 bits per heavy atom. The molecule has 0 N–H and O–H groups in total. The summed E-state index contributed by atoms with van der Waals surface area (Å²) in [5, 5.41) is 1.69. The van der Waals surface area contributed by atoms with Gasteiger partial charge in [-0.15, -0.1) is 11.3 Å². The Hall–Kier alpha value is -1.36. The Balaban J connectivity index is 1.79. The molecule has 3 rings (SSSR count). The fourth-order valence-corrected chi connectivity index (χ4v) is 5.61. The lowest BCUT2D eigenvalue weighted by atomic mass is 10.2. The van der Waals surface area contributed by atoms with Crippen LogP contribution in [-0.2, 0) is 14.8 Å². The molecule has 0 spiro atoms. The van der Waals surface area contributed by atoms with E-state index in [-0.39, 0.29) is 23.3 Å². The molecule has 1 aliphatic heterocycles. The van der Waals surface area contributed by atoms with Crippen LogP contribution in [0.5, 0.6) is 0 Å². The van der Waals surface area contributed by atoms with Crippen LogP contribution in [0.4, 0.5) is 4.79 Å². The van der Waals surface area contributed by atoms with Crippen molar-refractivity contribution in [3.63, 3.8) is 0 Å². The molecule has 1 fully saturated rings. The average molecular weight is 421 g/mol. The van der Waals surface area contributed by atoms with E-state index in [1.807, 2.05) is 0 Å². The number of nitrogens with zero attached hydrogens (tertiary/aromatic N) is 4. The van der Waals surface area contributed by atoms with Gasteiger partial charge in [0.05, 0.1) is 0 Å². The third-order valence-electron chi connectivity index (χ3n) is 3.87. The highest BCUT2D eigenvalue weighted by molar-refractivity contribution is 7.89. The van der Waals surface area contributed by atoms with Crippen molar-refractivity contribution in [2.24, 2.45) is 0 Å². The molecular formula is C15H21ClN4O4S2. The largest absolute Gasteiger partial charge is 0.444 e. The van der Waals surface area contributed by atoms with Gasteiger partial charge in [-0.05, 0) is 27.2 Å². The maximum atomic E-state index is 13.1. The summed E-state index contributed by atoms with van der Waals surface area (Å²) in [5.41, 5.74) is -0.592. The molecule has 2 aromatic heterocycles. The Bertz CT molecular complexity index is 916. The van der Waals surface area contributed by atoms with Gasteiger partial charge < -0.3 is 9.64 Å². The minimum absolute atomic E-state index is 0.0267. The van der Waals surface area contributed by atoms with Crippen LogP contribution in [0.3, 0.4) is 0 Å². The molecule has 0 aliphatic carbocycles. The molecule has 0 aromatic carbocycles. The SMILES string of the molecule is CC(C)(C)OC(=O)N1CCCN(S(=O)(=O)c2c(Cl)nc3sccn23)CC1. The highest BCUT2D eigenvalue weighted by atomic mass is 35.5. The Labute approximate surface area is 161 Å². The van der Waals surface area contributed by atoms with Crippen LogP contribution in [0.25, 0.3) is 4.96 Å². The fourth-order valence-electron chi connectivity index (χ4n) is 2.73. The number of hydrogen-bond acceptors (Lipinski definition) is 6. The Morgan fingerprint density at radius 1 is 1.27 bits per heavy atom. The molecule has 0 radical (unpaired) electrons. The van der Waals surface area contributed by atoms with E-state index in [2.05, 4.69) is 4.98 Å². The molecule has 0 bridgehead atoms. The molecule has 26 heavy (non-hydrogen) atoms. The van der Waals surface area contributed by atoms with Crippen molar-refractivity contribution in [1.82, 2.24) is 18.6 Å². The maximum Gasteiger partial charge on any atom is 0.410 e. The number of carbonyl (C=O) groups is 1. The van der Waals surface area contributed by atoms with Gasteiger partial charge in [0.2, 0.25) is 0 Å². The first-order valence-electron chi connectivity index (χ1n) is 8.19. The molecule has 2 aromatic rings. The summed E-state index contributed by atoms with van der Waals surface area (Å²) in [6.45, 7) is 6.57. The molecular weight excluding hydrogens is 400 g/mol. The summed E-state index contributed by atoms with van der Waals surface area (Å²) in [7, 11) is -3.82. The van der Waals surface area contributed by atoms with E-state index >= 15 is 0 Å². The van der Waals surface area contributed by atoms with Gasteiger partial charge in [-0.25, -0.2) is 18.2 Å². The number of halogens is 1. The summed E-state index contributed by atoms with van der Waals surface area (Å²) in [5.74, 6) is 0. The zero-order valence-electron chi connectivity index (χ0n) is 14.8. The smallest absolute Gasteiger partial charge is 0.410 e. The van der Waals surface area contributed by atoms with Gasteiger partial charge in [0.15, 0.2) is 15.1 Å². The number of thiazole rings is 1. The normalized spacial score (nSPS) is 17.5. The van der Waals surface area contributed by atoms with Crippen LogP contribution in [0, 0.1) is 0 Å². The Kier molecular flexibility index (Phi) is 5.22. The van der Waals surface area contributed by atoms with E-state index in [0.717, 1.165) is 0 Å². The number of ether oxygens (including phenoxy) is 1. The summed E-state index contributed by atoms with van der Waals surface area (Å²) >= 11 is 7.40. The van der Waals surface area contributed by atoms with Gasteiger partial charge in [-0.3, -0.25) is 4.40 Å². The van der Waals surface area contributed by atoms with Crippen molar-refractivity contribution in [3.05, 3.63) is 16.7 Å².